The number of piperidine rings is 1. The topological polar surface area (TPSA) is 50.5 Å². The third-order valence-electron chi connectivity index (χ3n) is 4.20. The summed E-state index contributed by atoms with van der Waals surface area (Å²) in [5.41, 5.74) is 0.855. The van der Waals surface area contributed by atoms with Gasteiger partial charge in [0.25, 0.3) is 5.91 Å². The van der Waals surface area contributed by atoms with Gasteiger partial charge in [-0.05, 0) is 53.0 Å². The summed E-state index contributed by atoms with van der Waals surface area (Å²) >= 11 is 4.90. The van der Waals surface area contributed by atoms with Crippen LogP contribution in [0.5, 0.6) is 0 Å². The largest absolute Gasteiger partial charge is 0.337 e. The Morgan fingerprint density at radius 3 is 3.00 bits per heavy atom. The van der Waals surface area contributed by atoms with Gasteiger partial charge < -0.3 is 4.90 Å². The van der Waals surface area contributed by atoms with Gasteiger partial charge in [-0.2, -0.15) is 0 Å². The lowest BCUT2D eigenvalue weighted by atomic mass is 9.97. The van der Waals surface area contributed by atoms with Crippen molar-refractivity contribution in [3.63, 3.8) is 0 Å². The van der Waals surface area contributed by atoms with Crippen molar-refractivity contribution >= 4 is 38.8 Å². The van der Waals surface area contributed by atoms with Crippen LogP contribution in [0.15, 0.2) is 40.3 Å². The number of likely N-dealkylation sites (tertiary alicyclic amines) is 1. The number of pyridine rings is 1. The maximum absolute atomic E-state index is 12.7. The van der Waals surface area contributed by atoms with Gasteiger partial charge in [0, 0.05) is 25.2 Å². The van der Waals surface area contributed by atoms with E-state index in [1.165, 1.54) is 11.3 Å². The quantitative estimate of drug-likeness (QED) is 0.671. The Morgan fingerprint density at radius 2 is 2.17 bits per heavy atom. The van der Waals surface area contributed by atoms with E-state index in [0.717, 1.165) is 39.5 Å². The number of carbonyl (C=O) groups is 1. The Balaban J connectivity index is 1.58. The molecule has 118 valence electrons. The standard InChI is InChI=1S/C16H15BrN4OS/c17-13-7-6-12(23-13)16(22)20-8-3-4-11(10-20)15-19-18-14-5-1-2-9-21(14)15/h1-2,5-7,9,11H,3-4,8,10H2/t11-/m1/s1. The van der Waals surface area contributed by atoms with Crippen LogP contribution in [0.25, 0.3) is 5.65 Å². The van der Waals surface area contributed by atoms with Gasteiger partial charge in [-0.15, -0.1) is 21.5 Å². The lowest BCUT2D eigenvalue weighted by Gasteiger charge is -2.31. The van der Waals surface area contributed by atoms with E-state index in [1.54, 1.807) is 0 Å². The van der Waals surface area contributed by atoms with Crippen LogP contribution in [0.4, 0.5) is 0 Å². The third kappa shape index (κ3) is 2.79. The minimum Gasteiger partial charge on any atom is -0.337 e. The van der Waals surface area contributed by atoms with Crippen LogP contribution in [0.1, 0.15) is 34.3 Å². The lowest BCUT2D eigenvalue weighted by Crippen LogP contribution is -2.39. The van der Waals surface area contributed by atoms with Crippen LogP contribution < -0.4 is 0 Å². The van der Waals surface area contributed by atoms with Crippen molar-refractivity contribution in [3.8, 4) is 0 Å². The van der Waals surface area contributed by atoms with E-state index in [1.807, 2.05) is 45.8 Å². The Bertz CT molecular complexity index is 859. The molecule has 4 rings (SSSR count). The number of amides is 1. The summed E-state index contributed by atoms with van der Waals surface area (Å²) in [4.78, 5) is 15.4. The molecular weight excluding hydrogens is 376 g/mol. The second-order valence-electron chi connectivity index (χ2n) is 5.68. The molecule has 5 nitrogen and oxygen atoms in total. The normalized spacial score (nSPS) is 18.5. The first-order valence-corrected chi connectivity index (χ1v) is 9.17. The van der Waals surface area contributed by atoms with Crippen molar-refractivity contribution in [2.75, 3.05) is 13.1 Å². The number of carbonyl (C=O) groups excluding carboxylic acids is 1. The number of hydrogen-bond donors (Lipinski definition) is 0. The van der Waals surface area contributed by atoms with Crippen molar-refractivity contribution in [3.05, 3.63) is 51.0 Å². The summed E-state index contributed by atoms with van der Waals surface area (Å²) in [5, 5.41) is 8.59. The average molecular weight is 391 g/mol. The van der Waals surface area contributed by atoms with Gasteiger partial charge in [0.15, 0.2) is 5.65 Å². The van der Waals surface area contributed by atoms with Crippen LogP contribution in [-0.4, -0.2) is 38.5 Å². The Morgan fingerprint density at radius 1 is 1.26 bits per heavy atom. The van der Waals surface area contributed by atoms with Gasteiger partial charge in [-0.3, -0.25) is 9.20 Å². The number of halogens is 1. The average Bonchev–Trinajstić information content (AvgIpc) is 3.20. The molecule has 0 N–H and O–H groups in total. The van der Waals surface area contributed by atoms with Crippen LogP contribution in [0, 0.1) is 0 Å². The zero-order chi connectivity index (χ0) is 15.8. The predicted molar refractivity (Wildman–Crippen MR) is 92.9 cm³/mol. The first kappa shape index (κ1) is 14.8. The summed E-state index contributed by atoms with van der Waals surface area (Å²) < 4.78 is 3.01. The van der Waals surface area contributed by atoms with Crippen molar-refractivity contribution < 1.29 is 4.79 Å². The molecule has 1 aliphatic heterocycles. The number of aromatic nitrogens is 3. The van der Waals surface area contributed by atoms with Gasteiger partial charge in [0.1, 0.15) is 5.82 Å². The minimum absolute atomic E-state index is 0.110. The van der Waals surface area contributed by atoms with E-state index >= 15 is 0 Å². The van der Waals surface area contributed by atoms with Crippen LogP contribution in [0.2, 0.25) is 0 Å². The van der Waals surface area contributed by atoms with E-state index in [9.17, 15) is 4.79 Å². The third-order valence-corrected chi connectivity index (χ3v) is 5.81. The molecule has 1 fully saturated rings. The number of rotatable bonds is 2. The van der Waals surface area contributed by atoms with Gasteiger partial charge in [-0.25, -0.2) is 0 Å². The zero-order valence-corrected chi connectivity index (χ0v) is 14.8. The fourth-order valence-corrected chi connectivity index (χ4v) is 4.45. The Hall–Kier alpha value is -1.73. The zero-order valence-electron chi connectivity index (χ0n) is 12.4. The van der Waals surface area contributed by atoms with Crippen molar-refractivity contribution in [2.24, 2.45) is 0 Å². The molecule has 0 saturated carbocycles. The summed E-state index contributed by atoms with van der Waals surface area (Å²) in [5.74, 6) is 1.29. The molecule has 1 saturated heterocycles. The molecule has 3 aromatic rings. The smallest absolute Gasteiger partial charge is 0.263 e. The highest BCUT2D eigenvalue weighted by atomic mass is 79.9. The van der Waals surface area contributed by atoms with Crippen molar-refractivity contribution in [1.29, 1.82) is 0 Å². The van der Waals surface area contributed by atoms with E-state index < -0.39 is 0 Å². The minimum atomic E-state index is 0.110. The second kappa shape index (κ2) is 6.05. The van der Waals surface area contributed by atoms with Crippen LogP contribution in [-0.2, 0) is 0 Å². The highest BCUT2D eigenvalue weighted by molar-refractivity contribution is 9.11. The van der Waals surface area contributed by atoms with E-state index in [2.05, 4.69) is 26.1 Å². The van der Waals surface area contributed by atoms with Gasteiger partial charge in [-0.1, -0.05) is 6.07 Å². The lowest BCUT2D eigenvalue weighted by molar-refractivity contribution is 0.0709. The highest BCUT2D eigenvalue weighted by Gasteiger charge is 2.28. The first-order valence-electron chi connectivity index (χ1n) is 7.56. The maximum atomic E-state index is 12.7. The SMILES string of the molecule is O=C(c1ccc(Br)s1)N1CCC[C@@H](c2nnc3ccccn23)C1. The summed E-state index contributed by atoms with van der Waals surface area (Å²) in [7, 11) is 0. The van der Waals surface area contributed by atoms with Gasteiger partial charge >= 0.3 is 0 Å². The molecule has 3 aromatic heterocycles. The van der Waals surface area contributed by atoms with Gasteiger partial charge in [0.05, 0.1) is 8.66 Å². The van der Waals surface area contributed by atoms with Crippen LogP contribution >= 0.6 is 27.3 Å². The van der Waals surface area contributed by atoms with Gasteiger partial charge in [0.2, 0.25) is 0 Å². The van der Waals surface area contributed by atoms with E-state index in [4.69, 9.17) is 0 Å². The van der Waals surface area contributed by atoms with E-state index in [-0.39, 0.29) is 11.8 Å². The monoisotopic (exact) mass is 390 g/mol. The molecule has 1 amide bonds. The number of thiophene rings is 1. The molecule has 0 unspecified atom stereocenters. The number of fused-ring (bicyclic) bond motifs is 1. The van der Waals surface area contributed by atoms with Crippen molar-refractivity contribution in [2.45, 2.75) is 18.8 Å². The molecule has 0 radical (unpaired) electrons. The molecule has 23 heavy (non-hydrogen) atoms. The molecule has 1 atom stereocenters. The second-order valence-corrected chi connectivity index (χ2v) is 8.14. The highest BCUT2D eigenvalue weighted by Crippen LogP contribution is 2.29. The molecule has 0 aliphatic carbocycles. The number of nitrogens with zero attached hydrogens (tertiary/aromatic N) is 4. The molecule has 0 bridgehead atoms. The Labute approximate surface area is 146 Å². The summed E-state index contributed by atoms with van der Waals surface area (Å²) in [6.45, 7) is 1.51. The predicted octanol–water partition coefficient (Wildman–Crippen LogP) is 3.57. The first-order chi connectivity index (χ1) is 11.2. The number of hydrogen-bond acceptors (Lipinski definition) is 4. The molecule has 0 aromatic carbocycles. The molecule has 4 heterocycles. The molecular formula is C16H15BrN4OS. The fourth-order valence-electron chi connectivity index (χ4n) is 3.10. The maximum Gasteiger partial charge on any atom is 0.263 e. The van der Waals surface area contributed by atoms with Crippen molar-refractivity contribution in [1.82, 2.24) is 19.5 Å². The fraction of sp³-hybridized carbons (Fsp3) is 0.312. The van der Waals surface area contributed by atoms with Crippen LogP contribution in [0.3, 0.4) is 0 Å². The van der Waals surface area contributed by atoms with E-state index in [0.29, 0.717) is 6.54 Å². The molecule has 7 heteroatoms. The Kier molecular flexibility index (Phi) is 3.90. The summed E-state index contributed by atoms with van der Waals surface area (Å²) in [6, 6.07) is 9.69. The summed E-state index contributed by atoms with van der Waals surface area (Å²) in [6.07, 6.45) is 4.01. The molecule has 0 spiro atoms. The molecule has 1 aliphatic rings.